The number of thiazole rings is 1. The maximum Gasteiger partial charge on any atom is 0.494 e. The number of aliphatic hydroxyl groups is 1. The molecule has 3 aromatic rings. The Morgan fingerprint density at radius 2 is 1.76 bits per heavy atom. The largest absolute Gasteiger partial charge is 0.494 e. The van der Waals surface area contributed by atoms with Gasteiger partial charge in [-0.1, -0.05) is 17.4 Å². The topological polar surface area (TPSA) is 101 Å². The van der Waals surface area contributed by atoms with Crippen LogP contribution in [0.1, 0.15) is 53.4 Å². The lowest BCUT2D eigenvalue weighted by Crippen LogP contribution is -2.41. The van der Waals surface area contributed by atoms with Crippen molar-refractivity contribution in [1.29, 1.82) is 0 Å². The highest BCUT2D eigenvalue weighted by atomic mass is 32.1. The number of anilines is 3. The van der Waals surface area contributed by atoms with Crippen LogP contribution in [-0.4, -0.2) is 50.5 Å². The van der Waals surface area contributed by atoms with Crippen molar-refractivity contribution in [3.8, 4) is 0 Å². The maximum atomic E-state index is 9.70. The molecule has 2 aromatic heterocycles. The van der Waals surface area contributed by atoms with Crippen molar-refractivity contribution in [3.05, 3.63) is 30.5 Å². The zero-order chi connectivity index (χ0) is 23.2. The fraction of sp³-hybridized carbons (Fsp3) is 0.522. The van der Waals surface area contributed by atoms with Gasteiger partial charge < -0.3 is 25.0 Å². The Balaban J connectivity index is 1.29. The summed E-state index contributed by atoms with van der Waals surface area (Å²) in [7, 11) is -0.394. The van der Waals surface area contributed by atoms with Crippen LogP contribution < -0.4 is 16.1 Å². The van der Waals surface area contributed by atoms with Gasteiger partial charge in [-0.2, -0.15) is 4.98 Å². The van der Waals surface area contributed by atoms with Crippen molar-refractivity contribution in [2.45, 2.75) is 76.7 Å². The minimum atomic E-state index is -0.394. The van der Waals surface area contributed by atoms with E-state index in [-0.39, 0.29) is 17.3 Å². The molecule has 5 rings (SSSR count). The summed E-state index contributed by atoms with van der Waals surface area (Å²) in [5.74, 6) is 1.28. The van der Waals surface area contributed by atoms with Crippen molar-refractivity contribution in [2.75, 3.05) is 10.6 Å². The van der Waals surface area contributed by atoms with E-state index in [0.717, 1.165) is 46.5 Å². The second kappa shape index (κ2) is 8.50. The zero-order valence-electron chi connectivity index (χ0n) is 19.5. The number of fused-ring (bicyclic) bond motifs is 1. The van der Waals surface area contributed by atoms with Gasteiger partial charge in [-0.05, 0) is 77.0 Å². The van der Waals surface area contributed by atoms with Crippen LogP contribution >= 0.6 is 11.3 Å². The molecular weight excluding hydrogens is 437 g/mol. The number of hydrogen-bond acceptors (Lipinski definition) is 9. The zero-order valence-corrected chi connectivity index (χ0v) is 20.3. The first-order chi connectivity index (χ1) is 15.7. The van der Waals surface area contributed by atoms with Crippen LogP contribution in [0.15, 0.2) is 30.5 Å². The van der Waals surface area contributed by atoms with Crippen molar-refractivity contribution >= 4 is 51.0 Å². The van der Waals surface area contributed by atoms with Gasteiger partial charge in [0.1, 0.15) is 5.82 Å². The van der Waals surface area contributed by atoms with Gasteiger partial charge in [-0.3, -0.25) is 0 Å². The number of rotatable bonds is 5. The molecule has 0 unspecified atom stereocenters. The molecule has 0 amide bonds. The van der Waals surface area contributed by atoms with Gasteiger partial charge in [0.2, 0.25) is 5.95 Å². The second-order valence-corrected chi connectivity index (χ2v) is 10.9. The lowest BCUT2D eigenvalue weighted by molar-refractivity contribution is 0.00578. The van der Waals surface area contributed by atoms with Gasteiger partial charge in [0.05, 0.1) is 27.5 Å². The lowest BCUT2D eigenvalue weighted by Gasteiger charge is -2.32. The molecule has 1 aromatic carbocycles. The van der Waals surface area contributed by atoms with Crippen molar-refractivity contribution in [1.82, 2.24) is 15.0 Å². The molecule has 0 bridgehead atoms. The molecule has 0 spiro atoms. The highest BCUT2D eigenvalue weighted by Gasteiger charge is 2.51. The number of nitrogens with zero attached hydrogens (tertiary/aromatic N) is 3. The summed E-state index contributed by atoms with van der Waals surface area (Å²) in [6, 6.07) is 8.23. The fourth-order valence-electron chi connectivity index (χ4n) is 4.13. The van der Waals surface area contributed by atoms with Crippen molar-refractivity contribution < 1.29 is 14.4 Å². The van der Waals surface area contributed by atoms with E-state index in [1.54, 1.807) is 17.5 Å². The number of hydrogen-bond donors (Lipinski definition) is 3. The third kappa shape index (κ3) is 4.70. The molecule has 1 saturated carbocycles. The number of aromatic nitrogens is 3. The Kier molecular flexibility index (Phi) is 5.80. The number of benzene rings is 1. The van der Waals surface area contributed by atoms with E-state index in [0.29, 0.717) is 17.8 Å². The molecule has 3 N–H and O–H groups in total. The van der Waals surface area contributed by atoms with E-state index in [1.165, 1.54) is 0 Å². The fourth-order valence-corrected chi connectivity index (χ4v) is 5.05. The molecule has 0 radical (unpaired) electrons. The SMILES string of the molecule is CC1(C)OB(c2ccc3nc(Nc4ccnc(NC5CCC(O)CC5)n4)sc3c2)OC1(C)C. The first-order valence-corrected chi connectivity index (χ1v) is 12.3. The molecular formula is C23H30BN5O3S. The third-order valence-corrected chi connectivity index (χ3v) is 7.79. The molecule has 1 saturated heterocycles. The van der Waals surface area contributed by atoms with Crippen LogP contribution in [0.3, 0.4) is 0 Å². The molecule has 3 heterocycles. The predicted molar refractivity (Wildman–Crippen MR) is 133 cm³/mol. The maximum absolute atomic E-state index is 9.70. The van der Waals surface area contributed by atoms with Crippen LogP contribution in [0, 0.1) is 0 Å². The quantitative estimate of drug-likeness (QED) is 0.487. The smallest absolute Gasteiger partial charge is 0.399 e. The van der Waals surface area contributed by atoms with Crippen LogP contribution in [0.25, 0.3) is 10.2 Å². The Morgan fingerprint density at radius 3 is 2.48 bits per heavy atom. The van der Waals surface area contributed by atoms with Crippen LogP contribution in [0.4, 0.5) is 16.9 Å². The van der Waals surface area contributed by atoms with E-state index < -0.39 is 7.12 Å². The first-order valence-electron chi connectivity index (χ1n) is 11.5. The van der Waals surface area contributed by atoms with E-state index in [2.05, 4.69) is 54.4 Å². The first kappa shape index (κ1) is 22.5. The molecule has 174 valence electrons. The monoisotopic (exact) mass is 467 g/mol. The van der Waals surface area contributed by atoms with Crippen LogP contribution in [0.5, 0.6) is 0 Å². The normalized spacial score (nSPS) is 24.2. The molecule has 1 aliphatic carbocycles. The standard InChI is InChI=1S/C23H30BN5O3S/c1-22(2)23(3,4)32-24(31-22)14-5-10-17-18(13-14)33-21(27-17)29-19-11-12-25-20(28-19)26-15-6-8-16(30)9-7-15/h5,10-13,15-16,30H,6-9H2,1-4H3,(H2,25,26,27,28,29). The van der Waals surface area contributed by atoms with Crippen LogP contribution in [0.2, 0.25) is 0 Å². The molecule has 0 atom stereocenters. The van der Waals surface area contributed by atoms with Crippen molar-refractivity contribution in [2.24, 2.45) is 0 Å². The highest BCUT2D eigenvalue weighted by Crippen LogP contribution is 2.37. The number of nitrogens with one attached hydrogen (secondary N) is 2. The van der Waals surface area contributed by atoms with Crippen LogP contribution in [-0.2, 0) is 9.31 Å². The van der Waals surface area contributed by atoms with E-state index in [1.807, 2.05) is 18.2 Å². The summed E-state index contributed by atoms with van der Waals surface area (Å²) in [6.07, 6.45) is 5.03. The molecule has 2 fully saturated rings. The Bertz CT molecular complexity index is 1130. The molecule has 33 heavy (non-hydrogen) atoms. The summed E-state index contributed by atoms with van der Waals surface area (Å²) >= 11 is 1.56. The Labute approximate surface area is 198 Å². The van der Waals surface area contributed by atoms with Gasteiger partial charge in [0.15, 0.2) is 5.13 Å². The minimum absolute atomic E-state index is 0.179. The van der Waals surface area contributed by atoms with E-state index >= 15 is 0 Å². The minimum Gasteiger partial charge on any atom is -0.399 e. The summed E-state index contributed by atoms with van der Waals surface area (Å²) in [4.78, 5) is 13.6. The van der Waals surface area contributed by atoms with Gasteiger partial charge in [0.25, 0.3) is 0 Å². The van der Waals surface area contributed by atoms with Crippen molar-refractivity contribution in [3.63, 3.8) is 0 Å². The summed E-state index contributed by atoms with van der Waals surface area (Å²) in [5.41, 5.74) is 1.16. The molecule has 8 nitrogen and oxygen atoms in total. The van der Waals surface area contributed by atoms with E-state index in [9.17, 15) is 5.11 Å². The van der Waals surface area contributed by atoms with Gasteiger partial charge >= 0.3 is 7.12 Å². The average molecular weight is 467 g/mol. The van der Waals surface area contributed by atoms with Gasteiger partial charge in [-0.25, -0.2) is 9.97 Å². The Morgan fingerprint density at radius 1 is 1.03 bits per heavy atom. The Hall–Kier alpha value is -2.27. The van der Waals surface area contributed by atoms with Gasteiger partial charge in [-0.15, -0.1) is 0 Å². The summed E-state index contributed by atoms with van der Waals surface area (Å²) in [5, 5.41) is 17.2. The lowest BCUT2D eigenvalue weighted by atomic mass is 9.79. The average Bonchev–Trinajstić information content (AvgIpc) is 3.25. The van der Waals surface area contributed by atoms with Gasteiger partial charge in [0, 0.05) is 12.2 Å². The molecule has 2 aliphatic rings. The second-order valence-electron chi connectivity index (χ2n) is 9.87. The molecule has 1 aliphatic heterocycles. The third-order valence-electron chi connectivity index (χ3n) is 6.86. The van der Waals surface area contributed by atoms with E-state index in [4.69, 9.17) is 14.3 Å². The highest BCUT2D eigenvalue weighted by molar-refractivity contribution is 7.22. The number of aliphatic hydroxyl groups excluding tert-OH is 1. The summed E-state index contributed by atoms with van der Waals surface area (Å²) < 4.78 is 13.4. The molecule has 10 heteroatoms. The predicted octanol–water partition coefficient (Wildman–Crippen LogP) is 3.84. The summed E-state index contributed by atoms with van der Waals surface area (Å²) in [6.45, 7) is 8.23.